The molecular weight excluding hydrogens is 280 g/mol. The summed E-state index contributed by atoms with van der Waals surface area (Å²) in [6, 6.07) is 10.9. The van der Waals surface area contributed by atoms with Gasteiger partial charge in [-0.25, -0.2) is 4.98 Å². The van der Waals surface area contributed by atoms with Gasteiger partial charge in [-0.2, -0.15) is 0 Å². The van der Waals surface area contributed by atoms with Crippen LogP contribution in [0.2, 0.25) is 0 Å². The lowest BCUT2D eigenvalue weighted by Gasteiger charge is -2.03. The molecule has 1 amide bonds. The summed E-state index contributed by atoms with van der Waals surface area (Å²) in [5.74, 6) is 1.09. The summed E-state index contributed by atoms with van der Waals surface area (Å²) in [4.78, 5) is 15.8. The van der Waals surface area contributed by atoms with E-state index in [4.69, 9.17) is 9.47 Å². The number of hydrogen-bond donors (Lipinski definition) is 1. The standard InChI is InChI=1S/C17H18N2O3/c1-3-22-15-8-4-13(5-9-15)6-10-16(20)19-14-7-11-17(21-2)18-12-14/h4-12H,3H2,1-2H3,(H,19,20)/b10-6+. The quantitative estimate of drug-likeness (QED) is 0.832. The lowest BCUT2D eigenvalue weighted by atomic mass is 10.2. The second-order valence-corrected chi connectivity index (χ2v) is 4.41. The van der Waals surface area contributed by atoms with Gasteiger partial charge in [0.25, 0.3) is 0 Å². The van der Waals surface area contributed by atoms with Gasteiger partial charge in [0, 0.05) is 12.1 Å². The van der Waals surface area contributed by atoms with Gasteiger partial charge in [-0.15, -0.1) is 0 Å². The number of carbonyl (C=O) groups is 1. The Hall–Kier alpha value is -2.82. The normalized spacial score (nSPS) is 10.5. The van der Waals surface area contributed by atoms with Crippen LogP contribution in [-0.4, -0.2) is 24.6 Å². The van der Waals surface area contributed by atoms with E-state index in [1.165, 1.54) is 6.08 Å². The van der Waals surface area contributed by atoms with Gasteiger partial charge in [0.05, 0.1) is 25.6 Å². The topological polar surface area (TPSA) is 60.5 Å². The molecule has 0 aliphatic carbocycles. The second kappa shape index (κ2) is 7.83. The minimum atomic E-state index is -0.221. The summed E-state index contributed by atoms with van der Waals surface area (Å²) in [6.45, 7) is 2.57. The van der Waals surface area contributed by atoms with Crippen LogP contribution in [0, 0.1) is 0 Å². The van der Waals surface area contributed by atoms with Gasteiger partial charge in [-0.1, -0.05) is 12.1 Å². The summed E-state index contributed by atoms with van der Waals surface area (Å²) in [7, 11) is 1.54. The van der Waals surface area contributed by atoms with Crippen LogP contribution < -0.4 is 14.8 Å². The first-order chi connectivity index (χ1) is 10.7. The van der Waals surface area contributed by atoms with E-state index in [2.05, 4.69) is 10.3 Å². The molecule has 114 valence electrons. The highest BCUT2D eigenvalue weighted by Crippen LogP contribution is 2.14. The first-order valence-corrected chi connectivity index (χ1v) is 6.93. The number of methoxy groups -OCH3 is 1. The number of rotatable bonds is 6. The fraction of sp³-hybridized carbons (Fsp3) is 0.176. The second-order valence-electron chi connectivity index (χ2n) is 4.41. The smallest absolute Gasteiger partial charge is 0.248 e. The van der Waals surface area contributed by atoms with Crippen LogP contribution in [-0.2, 0) is 4.79 Å². The van der Waals surface area contributed by atoms with Crippen LogP contribution in [0.1, 0.15) is 12.5 Å². The van der Waals surface area contributed by atoms with Gasteiger partial charge >= 0.3 is 0 Å². The van der Waals surface area contributed by atoms with Gasteiger partial charge in [-0.3, -0.25) is 4.79 Å². The Bertz CT molecular complexity index is 634. The minimum Gasteiger partial charge on any atom is -0.494 e. The average Bonchev–Trinajstić information content (AvgIpc) is 2.55. The van der Waals surface area contributed by atoms with Crippen molar-refractivity contribution in [3.8, 4) is 11.6 Å². The lowest BCUT2D eigenvalue weighted by molar-refractivity contribution is -0.111. The number of carbonyl (C=O) groups excluding carboxylic acids is 1. The van der Waals surface area contributed by atoms with Crippen molar-refractivity contribution in [3.63, 3.8) is 0 Å². The molecule has 5 nitrogen and oxygen atoms in total. The molecule has 0 atom stereocenters. The van der Waals surface area contributed by atoms with Crippen molar-refractivity contribution >= 4 is 17.7 Å². The van der Waals surface area contributed by atoms with Crippen molar-refractivity contribution in [2.45, 2.75) is 6.92 Å². The van der Waals surface area contributed by atoms with Gasteiger partial charge in [0.15, 0.2) is 0 Å². The molecule has 0 aliphatic heterocycles. The number of benzene rings is 1. The van der Waals surface area contributed by atoms with E-state index in [1.54, 1.807) is 31.5 Å². The number of amides is 1. The van der Waals surface area contributed by atoms with E-state index in [1.807, 2.05) is 31.2 Å². The highest BCUT2D eigenvalue weighted by molar-refractivity contribution is 6.01. The molecule has 2 aromatic rings. The Morgan fingerprint density at radius 2 is 2.00 bits per heavy atom. The van der Waals surface area contributed by atoms with Crippen molar-refractivity contribution in [1.82, 2.24) is 4.98 Å². The summed E-state index contributed by atoms with van der Waals surface area (Å²) in [5.41, 5.74) is 1.54. The maximum Gasteiger partial charge on any atom is 0.248 e. The van der Waals surface area contributed by atoms with Crippen molar-refractivity contribution in [1.29, 1.82) is 0 Å². The Balaban J connectivity index is 1.92. The van der Waals surface area contributed by atoms with Crippen molar-refractivity contribution in [2.24, 2.45) is 0 Å². The molecule has 5 heteroatoms. The Labute approximate surface area is 129 Å². The molecule has 0 spiro atoms. The highest BCUT2D eigenvalue weighted by atomic mass is 16.5. The molecule has 22 heavy (non-hydrogen) atoms. The maximum atomic E-state index is 11.8. The van der Waals surface area contributed by atoms with Crippen LogP contribution >= 0.6 is 0 Å². The molecule has 0 saturated carbocycles. The van der Waals surface area contributed by atoms with Crippen molar-refractivity contribution < 1.29 is 14.3 Å². The zero-order valence-corrected chi connectivity index (χ0v) is 12.6. The number of nitrogens with zero attached hydrogens (tertiary/aromatic N) is 1. The van der Waals surface area contributed by atoms with E-state index >= 15 is 0 Å². The number of anilines is 1. The molecule has 0 unspecified atom stereocenters. The molecule has 2 rings (SSSR count). The zero-order chi connectivity index (χ0) is 15.8. The van der Waals surface area contributed by atoms with E-state index in [9.17, 15) is 4.79 Å². The highest BCUT2D eigenvalue weighted by Gasteiger charge is 1.99. The van der Waals surface area contributed by atoms with Crippen LogP contribution in [0.5, 0.6) is 11.6 Å². The fourth-order valence-corrected chi connectivity index (χ4v) is 1.77. The minimum absolute atomic E-state index is 0.221. The zero-order valence-electron chi connectivity index (χ0n) is 12.6. The monoisotopic (exact) mass is 298 g/mol. The summed E-state index contributed by atoms with van der Waals surface area (Å²) in [6.07, 6.45) is 4.75. The Morgan fingerprint density at radius 3 is 2.59 bits per heavy atom. The lowest BCUT2D eigenvalue weighted by Crippen LogP contribution is -2.07. The number of hydrogen-bond acceptors (Lipinski definition) is 4. The molecule has 0 radical (unpaired) electrons. The third-order valence-electron chi connectivity index (χ3n) is 2.83. The van der Waals surface area contributed by atoms with Crippen LogP contribution in [0.3, 0.4) is 0 Å². The summed E-state index contributed by atoms with van der Waals surface area (Å²) < 4.78 is 10.3. The van der Waals surface area contributed by atoms with Gasteiger partial charge in [0.2, 0.25) is 11.8 Å². The average molecular weight is 298 g/mol. The molecular formula is C17H18N2O3. The molecule has 1 aromatic heterocycles. The molecule has 0 fully saturated rings. The first kappa shape index (κ1) is 15.6. The summed E-state index contributed by atoms with van der Waals surface area (Å²) in [5, 5.41) is 2.73. The largest absolute Gasteiger partial charge is 0.494 e. The van der Waals surface area contributed by atoms with E-state index in [0.717, 1.165) is 11.3 Å². The number of ether oxygens (including phenoxy) is 2. The molecule has 0 bridgehead atoms. The first-order valence-electron chi connectivity index (χ1n) is 6.93. The molecule has 1 N–H and O–H groups in total. The number of pyridine rings is 1. The maximum absolute atomic E-state index is 11.8. The molecule has 0 aliphatic rings. The predicted octanol–water partition coefficient (Wildman–Crippen LogP) is 3.14. The number of aromatic nitrogens is 1. The van der Waals surface area contributed by atoms with Crippen LogP contribution in [0.15, 0.2) is 48.7 Å². The Kier molecular flexibility index (Phi) is 5.54. The third kappa shape index (κ3) is 4.63. The van der Waals surface area contributed by atoms with E-state index in [0.29, 0.717) is 18.2 Å². The third-order valence-corrected chi connectivity index (χ3v) is 2.83. The fourth-order valence-electron chi connectivity index (χ4n) is 1.77. The Morgan fingerprint density at radius 1 is 1.23 bits per heavy atom. The van der Waals surface area contributed by atoms with Crippen molar-refractivity contribution in [2.75, 3.05) is 19.0 Å². The van der Waals surface area contributed by atoms with Crippen LogP contribution in [0.4, 0.5) is 5.69 Å². The molecule has 0 saturated heterocycles. The van der Waals surface area contributed by atoms with Crippen LogP contribution in [0.25, 0.3) is 6.08 Å². The van der Waals surface area contributed by atoms with E-state index in [-0.39, 0.29) is 5.91 Å². The van der Waals surface area contributed by atoms with E-state index < -0.39 is 0 Å². The summed E-state index contributed by atoms with van der Waals surface area (Å²) >= 11 is 0. The van der Waals surface area contributed by atoms with Gasteiger partial charge in [-0.05, 0) is 36.8 Å². The SMILES string of the molecule is CCOc1ccc(/C=C/C(=O)Nc2ccc(OC)nc2)cc1. The number of nitrogens with one attached hydrogen (secondary N) is 1. The van der Waals surface area contributed by atoms with Gasteiger partial charge in [0.1, 0.15) is 5.75 Å². The van der Waals surface area contributed by atoms with Gasteiger partial charge < -0.3 is 14.8 Å². The predicted molar refractivity (Wildman–Crippen MR) is 86.1 cm³/mol. The molecule has 1 heterocycles. The van der Waals surface area contributed by atoms with Crippen molar-refractivity contribution in [3.05, 3.63) is 54.2 Å². The molecule has 1 aromatic carbocycles.